The first-order valence-electron chi connectivity index (χ1n) is 5.17. The predicted octanol–water partition coefficient (Wildman–Crippen LogP) is 2.44. The summed E-state index contributed by atoms with van der Waals surface area (Å²) < 4.78 is 5.53. The van der Waals surface area contributed by atoms with Gasteiger partial charge in [-0.15, -0.1) is 12.3 Å². The number of benzene rings is 1. The molecule has 1 N–H and O–H groups in total. The van der Waals surface area contributed by atoms with Crippen molar-refractivity contribution < 1.29 is 9.53 Å². The van der Waals surface area contributed by atoms with Crippen molar-refractivity contribution in [2.24, 2.45) is 0 Å². The van der Waals surface area contributed by atoms with Crippen molar-refractivity contribution in [3.8, 4) is 18.1 Å². The summed E-state index contributed by atoms with van der Waals surface area (Å²) in [5, 5.41) is 2.71. The Morgan fingerprint density at radius 2 is 2.25 bits per heavy atom. The first-order chi connectivity index (χ1) is 7.74. The zero-order valence-corrected chi connectivity index (χ0v) is 9.32. The lowest BCUT2D eigenvalue weighted by atomic mass is 10.3. The van der Waals surface area contributed by atoms with Crippen LogP contribution in [-0.2, 0) is 4.79 Å². The van der Waals surface area contributed by atoms with Crippen LogP contribution in [0.15, 0.2) is 24.3 Å². The smallest absolute Gasteiger partial charge is 0.221 e. The molecule has 0 spiro atoms. The van der Waals surface area contributed by atoms with Gasteiger partial charge in [-0.05, 0) is 18.6 Å². The van der Waals surface area contributed by atoms with Crippen molar-refractivity contribution in [3.63, 3.8) is 0 Å². The highest BCUT2D eigenvalue weighted by Crippen LogP contribution is 2.23. The highest BCUT2D eigenvalue weighted by atomic mass is 16.5. The number of nitrogens with one attached hydrogen (secondary N) is 1. The van der Waals surface area contributed by atoms with Crippen molar-refractivity contribution in [1.82, 2.24) is 0 Å². The number of carbonyl (C=O) groups excluding carboxylic acids is 1. The zero-order valence-electron chi connectivity index (χ0n) is 9.32. The lowest BCUT2D eigenvalue weighted by molar-refractivity contribution is -0.114. The van der Waals surface area contributed by atoms with Crippen LogP contribution in [0.5, 0.6) is 5.75 Å². The van der Waals surface area contributed by atoms with Gasteiger partial charge in [0.25, 0.3) is 0 Å². The minimum absolute atomic E-state index is 0.111. The number of hydrogen-bond donors (Lipinski definition) is 1. The van der Waals surface area contributed by atoms with Crippen molar-refractivity contribution in [2.75, 3.05) is 11.9 Å². The molecular formula is C13H15NO2. The van der Waals surface area contributed by atoms with Crippen molar-refractivity contribution >= 4 is 11.6 Å². The minimum Gasteiger partial charge on any atom is -0.491 e. The van der Waals surface area contributed by atoms with E-state index in [-0.39, 0.29) is 5.91 Å². The van der Waals surface area contributed by atoms with Crippen LogP contribution in [0, 0.1) is 12.3 Å². The number of hydrogen-bond acceptors (Lipinski definition) is 2. The number of anilines is 1. The summed E-state index contributed by atoms with van der Waals surface area (Å²) in [6, 6.07) is 7.33. The van der Waals surface area contributed by atoms with Gasteiger partial charge in [-0.2, -0.15) is 0 Å². The summed E-state index contributed by atoms with van der Waals surface area (Å²) >= 11 is 0. The Morgan fingerprint density at radius 1 is 1.50 bits per heavy atom. The van der Waals surface area contributed by atoms with Gasteiger partial charge in [0.1, 0.15) is 5.75 Å². The first-order valence-corrected chi connectivity index (χ1v) is 5.17. The lowest BCUT2D eigenvalue weighted by Crippen LogP contribution is -2.08. The molecule has 0 aliphatic heterocycles. The fourth-order valence-electron chi connectivity index (χ4n) is 1.24. The summed E-state index contributed by atoms with van der Waals surface area (Å²) in [6.07, 6.45) is 6.65. The normalized spacial score (nSPS) is 9.25. The van der Waals surface area contributed by atoms with E-state index in [9.17, 15) is 4.79 Å². The van der Waals surface area contributed by atoms with Crippen LogP contribution >= 0.6 is 0 Å². The van der Waals surface area contributed by atoms with E-state index in [4.69, 9.17) is 11.2 Å². The summed E-state index contributed by atoms with van der Waals surface area (Å²) in [7, 11) is 0. The summed E-state index contributed by atoms with van der Waals surface area (Å²) in [5.74, 6) is 3.12. The Labute approximate surface area is 95.8 Å². The SMILES string of the molecule is C#CCCCOc1ccccc1NC(C)=O. The molecule has 0 bridgehead atoms. The molecule has 0 atom stereocenters. The van der Waals surface area contributed by atoms with E-state index in [0.29, 0.717) is 24.5 Å². The summed E-state index contributed by atoms with van der Waals surface area (Å²) in [6.45, 7) is 2.02. The third kappa shape index (κ3) is 4.05. The predicted molar refractivity (Wildman–Crippen MR) is 64.3 cm³/mol. The fraction of sp³-hybridized carbons (Fsp3) is 0.308. The molecule has 1 aromatic carbocycles. The van der Waals surface area contributed by atoms with Crippen LogP contribution in [-0.4, -0.2) is 12.5 Å². The molecule has 0 fully saturated rings. The van der Waals surface area contributed by atoms with E-state index in [2.05, 4.69) is 11.2 Å². The van der Waals surface area contributed by atoms with E-state index in [1.807, 2.05) is 18.2 Å². The van der Waals surface area contributed by atoms with Gasteiger partial charge in [0.05, 0.1) is 12.3 Å². The average molecular weight is 217 g/mol. The summed E-state index contributed by atoms with van der Waals surface area (Å²) in [4.78, 5) is 10.9. The van der Waals surface area contributed by atoms with Gasteiger partial charge in [-0.3, -0.25) is 4.79 Å². The standard InChI is InChI=1S/C13H15NO2/c1-3-4-7-10-16-13-9-6-5-8-12(13)14-11(2)15/h1,5-6,8-9H,4,7,10H2,2H3,(H,14,15). The van der Waals surface area contributed by atoms with Crippen molar-refractivity contribution in [2.45, 2.75) is 19.8 Å². The zero-order chi connectivity index (χ0) is 11.8. The molecule has 0 radical (unpaired) electrons. The van der Waals surface area contributed by atoms with Crippen LogP contribution in [0.4, 0.5) is 5.69 Å². The largest absolute Gasteiger partial charge is 0.491 e. The van der Waals surface area contributed by atoms with Gasteiger partial charge in [-0.25, -0.2) is 0 Å². The fourth-order valence-corrected chi connectivity index (χ4v) is 1.24. The molecule has 16 heavy (non-hydrogen) atoms. The molecule has 3 heteroatoms. The Bertz CT molecular complexity index is 393. The minimum atomic E-state index is -0.111. The molecule has 0 unspecified atom stereocenters. The monoisotopic (exact) mass is 217 g/mol. The average Bonchev–Trinajstić information content (AvgIpc) is 2.26. The van der Waals surface area contributed by atoms with Crippen LogP contribution in [0.1, 0.15) is 19.8 Å². The van der Waals surface area contributed by atoms with E-state index >= 15 is 0 Å². The molecule has 0 saturated heterocycles. The third-order valence-corrected chi connectivity index (χ3v) is 1.92. The van der Waals surface area contributed by atoms with E-state index < -0.39 is 0 Å². The van der Waals surface area contributed by atoms with E-state index in [1.165, 1.54) is 6.92 Å². The highest BCUT2D eigenvalue weighted by Gasteiger charge is 2.03. The van der Waals surface area contributed by atoms with Crippen LogP contribution < -0.4 is 10.1 Å². The maximum Gasteiger partial charge on any atom is 0.221 e. The van der Waals surface area contributed by atoms with Crippen molar-refractivity contribution in [3.05, 3.63) is 24.3 Å². The molecule has 84 valence electrons. The Morgan fingerprint density at radius 3 is 2.94 bits per heavy atom. The molecule has 1 aromatic rings. The number of unbranched alkanes of at least 4 members (excludes halogenated alkanes) is 1. The second-order valence-corrected chi connectivity index (χ2v) is 3.33. The Hall–Kier alpha value is -1.95. The number of rotatable bonds is 5. The molecule has 3 nitrogen and oxygen atoms in total. The van der Waals surface area contributed by atoms with Crippen LogP contribution in [0.3, 0.4) is 0 Å². The van der Waals surface area contributed by atoms with Gasteiger partial charge < -0.3 is 10.1 Å². The van der Waals surface area contributed by atoms with E-state index in [0.717, 1.165) is 6.42 Å². The molecular weight excluding hydrogens is 202 g/mol. The molecule has 0 heterocycles. The lowest BCUT2D eigenvalue weighted by Gasteiger charge is -2.10. The van der Waals surface area contributed by atoms with Gasteiger partial charge >= 0.3 is 0 Å². The number of amides is 1. The Balaban J connectivity index is 2.57. The van der Waals surface area contributed by atoms with Crippen LogP contribution in [0.25, 0.3) is 0 Å². The molecule has 0 saturated carbocycles. The summed E-state index contributed by atoms with van der Waals surface area (Å²) in [5.41, 5.74) is 0.690. The number of para-hydroxylation sites is 2. The molecule has 0 aliphatic carbocycles. The molecule has 1 rings (SSSR count). The topological polar surface area (TPSA) is 38.3 Å². The van der Waals surface area contributed by atoms with Crippen LogP contribution in [0.2, 0.25) is 0 Å². The first kappa shape index (κ1) is 12.1. The number of ether oxygens (including phenoxy) is 1. The maximum atomic E-state index is 10.9. The van der Waals surface area contributed by atoms with Gasteiger partial charge in [-0.1, -0.05) is 12.1 Å². The Kier molecular flexibility index (Phi) is 4.94. The molecule has 0 aliphatic rings. The van der Waals surface area contributed by atoms with Crippen molar-refractivity contribution in [1.29, 1.82) is 0 Å². The second-order valence-electron chi connectivity index (χ2n) is 3.33. The molecule has 0 aromatic heterocycles. The maximum absolute atomic E-state index is 10.9. The third-order valence-electron chi connectivity index (χ3n) is 1.92. The highest BCUT2D eigenvalue weighted by molar-refractivity contribution is 5.90. The number of terminal acetylenes is 1. The van der Waals surface area contributed by atoms with Gasteiger partial charge in [0, 0.05) is 13.3 Å². The quantitative estimate of drug-likeness (QED) is 0.607. The second kappa shape index (κ2) is 6.52. The van der Waals surface area contributed by atoms with Gasteiger partial charge in [0.15, 0.2) is 0 Å². The molecule has 1 amide bonds. The van der Waals surface area contributed by atoms with Gasteiger partial charge in [0.2, 0.25) is 5.91 Å². The number of carbonyl (C=O) groups is 1. The van der Waals surface area contributed by atoms with E-state index in [1.54, 1.807) is 6.07 Å².